The van der Waals surface area contributed by atoms with Crippen molar-refractivity contribution in [1.29, 1.82) is 0 Å². The molecule has 0 heterocycles. The number of carbonyl (C=O) groups is 2. The average molecular weight is 315 g/mol. The number of halogens is 1. The van der Waals surface area contributed by atoms with Crippen LogP contribution in [-0.4, -0.2) is 24.9 Å². The zero-order chi connectivity index (χ0) is 16.8. The van der Waals surface area contributed by atoms with Crippen molar-refractivity contribution in [2.75, 3.05) is 17.7 Å². The number of nitrogens with one attached hydrogen (secondary N) is 3. The molecule has 0 fully saturated rings. The van der Waals surface area contributed by atoms with Gasteiger partial charge in [0.1, 0.15) is 11.9 Å². The fourth-order valence-electron chi connectivity index (χ4n) is 1.99. The Morgan fingerprint density at radius 1 is 1.04 bits per heavy atom. The maximum Gasteiger partial charge on any atom is 0.251 e. The summed E-state index contributed by atoms with van der Waals surface area (Å²) in [6.45, 7) is 1.70. The van der Waals surface area contributed by atoms with Crippen molar-refractivity contribution >= 4 is 23.2 Å². The molecule has 5 nitrogen and oxygen atoms in total. The highest BCUT2D eigenvalue weighted by molar-refractivity contribution is 5.97. The molecule has 2 aromatic carbocycles. The van der Waals surface area contributed by atoms with Gasteiger partial charge in [0.25, 0.3) is 5.91 Å². The van der Waals surface area contributed by atoms with Crippen LogP contribution in [0.2, 0.25) is 0 Å². The largest absolute Gasteiger partial charge is 0.374 e. The molecule has 1 atom stereocenters. The molecule has 2 amide bonds. The van der Waals surface area contributed by atoms with Gasteiger partial charge in [0, 0.05) is 24.0 Å². The Kier molecular flexibility index (Phi) is 5.30. The van der Waals surface area contributed by atoms with Gasteiger partial charge in [-0.3, -0.25) is 9.59 Å². The van der Waals surface area contributed by atoms with Crippen molar-refractivity contribution in [1.82, 2.24) is 5.32 Å². The van der Waals surface area contributed by atoms with E-state index in [1.165, 1.54) is 24.3 Å². The Morgan fingerprint density at radius 2 is 1.74 bits per heavy atom. The Balaban J connectivity index is 2.00. The SMILES string of the molecule is CNC(=O)c1cccc(NC(C)C(=O)Nc2ccc(F)cc2)c1. The van der Waals surface area contributed by atoms with Gasteiger partial charge >= 0.3 is 0 Å². The Bertz CT molecular complexity index is 701. The molecule has 3 N–H and O–H groups in total. The molecule has 0 radical (unpaired) electrons. The van der Waals surface area contributed by atoms with Crippen LogP contribution in [0.1, 0.15) is 17.3 Å². The lowest BCUT2D eigenvalue weighted by Crippen LogP contribution is -2.32. The maximum atomic E-state index is 12.8. The van der Waals surface area contributed by atoms with E-state index in [1.54, 1.807) is 38.2 Å². The molecule has 1 unspecified atom stereocenters. The van der Waals surface area contributed by atoms with Crippen molar-refractivity contribution in [2.45, 2.75) is 13.0 Å². The first-order chi connectivity index (χ1) is 11.0. The Hall–Kier alpha value is -2.89. The molecule has 0 aliphatic carbocycles. The summed E-state index contributed by atoms with van der Waals surface area (Å²) in [7, 11) is 1.56. The number of hydrogen-bond donors (Lipinski definition) is 3. The first-order valence-corrected chi connectivity index (χ1v) is 7.14. The summed E-state index contributed by atoms with van der Waals surface area (Å²) in [6.07, 6.45) is 0. The van der Waals surface area contributed by atoms with Crippen LogP contribution in [0.15, 0.2) is 48.5 Å². The van der Waals surface area contributed by atoms with E-state index in [0.717, 1.165) is 0 Å². The summed E-state index contributed by atoms with van der Waals surface area (Å²) in [6, 6.07) is 11.9. The summed E-state index contributed by atoms with van der Waals surface area (Å²) < 4.78 is 12.8. The molecule has 0 aliphatic heterocycles. The first-order valence-electron chi connectivity index (χ1n) is 7.14. The number of amides is 2. The summed E-state index contributed by atoms with van der Waals surface area (Å²) in [4.78, 5) is 23.7. The molecule has 23 heavy (non-hydrogen) atoms. The van der Waals surface area contributed by atoms with E-state index in [4.69, 9.17) is 0 Å². The smallest absolute Gasteiger partial charge is 0.251 e. The second kappa shape index (κ2) is 7.40. The van der Waals surface area contributed by atoms with Crippen LogP contribution in [-0.2, 0) is 4.79 Å². The molecule has 0 aromatic heterocycles. The van der Waals surface area contributed by atoms with Crippen LogP contribution in [0, 0.1) is 5.82 Å². The zero-order valence-corrected chi connectivity index (χ0v) is 12.9. The molecule has 0 bridgehead atoms. The van der Waals surface area contributed by atoms with E-state index in [1.807, 2.05) is 0 Å². The number of hydrogen-bond acceptors (Lipinski definition) is 3. The number of rotatable bonds is 5. The molecule has 0 aliphatic rings. The summed E-state index contributed by atoms with van der Waals surface area (Å²) in [5.74, 6) is -0.820. The van der Waals surface area contributed by atoms with Crippen molar-refractivity contribution < 1.29 is 14.0 Å². The summed E-state index contributed by atoms with van der Waals surface area (Å²) in [5, 5.41) is 8.26. The maximum absolute atomic E-state index is 12.8. The normalized spacial score (nSPS) is 11.4. The second-order valence-corrected chi connectivity index (χ2v) is 5.02. The predicted octanol–water partition coefficient (Wildman–Crippen LogP) is 2.62. The zero-order valence-electron chi connectivity index (χ0n) is 12.9. The molecule has 120 valence electrons. The van der Waals surface area contributed by atoms with Gasteiger partial charge in [-0.2, -0.15) is 0 Å². The third kappa shape index (κ3) is 4.54. The molecular formula is C17H18FN3O2. The number of anilines is 2. The van der Waals surface area contributed by atoms with Gasteiger partial charge in [-0.15, -0.1) is 0 Å². The van der Waals surface area contributed by atoms with E-state index in [-0.39, 0.29) is 17.6 Å². The topological polar surface area (TPSA) is 70.2 Å². The fourth-order valence-corrected chi connectivity index (χ4v) is 1.99. The van der Waals surface area contributed by atoms with Crippen molar-refractivity contribution in [2.24, 2.45) is 0 Å². The highest BCUT2D eigenvalue weighted by atomic mass is 19.1. The highest BCUT2D eigenvalue weighted by Crippen LogP contribution is 2.13. The Labute approximate surface area is 133 Å². The van der Waals surface area contributed by atoms with Gasteiger partial charge in [0.2, 0.25) is 5.91 Å². The van der Waals surface area contributed by atoms with Crippen LogP contribution < -0.4 is 16.0 Å². The lowest BCUT2D eigenvalue weighted by atomic mass is 10.1. The number of carbonyl (C=O) groups excluding carboxylic acids is 2. The quantitative estimate of drug-likeness (QED) is 0.794. The van der Waals surface area contributed by atoms with Crippen molar-refractivity contribution in [3.63, 3.8) is 0 Å². The molecule has 0 saturated carbocycles. The summed E-state index contributed by atoms with van der Waals surface area (Å²) in [5.41, 5.74) is 1.68. The van der Waals surface area contributed by atoms with Gasteiger partial charge in [-0.05, 0) is 49.4 Å². The van der Waals surface area contributed by atoms with E-state index >= 15 is 0 Å². The van der Waals surface area contributed by atoms with Gasteiger partial charge in [-0.25, -0.2) is 4.39 Å². The van der Waals surface area contributed by atoms with Gasteiger partial charge in [0.05, 0.1) is 0 Å². The minimum absolute atomic E-state index is 0.197. The van der Waals surface area contributed by atoms with E-state index in [2.05, 4.69) is 16.0 Å². The molecule has 2 aromatic rings. The van der Waals surface area contributed by atoms with Gasteiger partial charge in [-0.1, -0.05) is 6.07 Å². The number of benzene rings is 2. The van der Waals surface area contributed by atoms with Gasteiger partial charge in [0.15, 0.2) is 0 Å². The highest BCUT2D eigenvalue weighted by Gasteiger charge is 2.13. The molecular weight excluding hydrogens is 297 g/mol. The van der Waals surface area contributed by atoms with Crippen LogP contribution in [0.25, 0.3) is 0 Å². The first kappa shape index (κ1) is 16.5. The molecule has 6 heteroatoms. The lowest BCUT2D eigenvalue weighted by Gasteiger charge is -2.16. The third-order valence-electron chi connectivity index (χ3n) is 3.24. The summed E-state index contributed by atoms with van der Waals surface area (Å²) >= 11 is 0. The molecule has 2 rings (SSSR count). The lowest BCUT2D eigenvalue weighted by molar-refractivity contribution is -0.116. The van der Waals surface area contributed by atoms with Crippen LogP contribution in [0.4, 0.5) is 15.8 Å². The van der Waals surface area contributed by atoms with E-state index < -0.39 is 6.04 Å². The van der Waals surface area contributed by atoms with Gasteiger partial charge < -0.3 is 16.0 Å². The molecule has 0 saturated heterocycles. The van der Waals surface area contributed by atoms with E-state index in [9.17, 15) is 14.0 Å². The average Bonchev–Trinajstić information content (AvgIpc) is 2.56. The predicted molar refractivity (Wildman–Crippen MR) is 87.9 cm³/mol. The van der Waals surface area contributed by atoms with E-state index in [0.29, 0.717) is 16.9 Å². The van der Waals surface area contributed by atoms with Crippen molar-refractivity contribution in [3.8, 4) is 0 Å². The standard InChI is InChI=1S/C17H18FN3O2/c1-11(16(22)21-14-8-6-13(18)7-9-14)20-15-5-3-4-12(10-15)17(23)19-2/h3-11,20H,1-2H3,(H,19,23)(H,21,22). The second-order valence-electron chi connectivity index (χ2n) is 5.02. The fraction of sp³-hybridized carbons (Fsp3) is 0.176. The molecule has 0 spiro atoms. The Morgan fingerprint density at radius 3 is 2.39 bits per heavy atom. The van der Waals surface area contributed by atoms with Crippen LogP contribution >= 0.6 is 0 Å². The van der Waals surface area contributed by atoms with Crippen molar-refractivity contribution in [3.05, 3.63) is 59.9 Å². The van der Waals surface area contributed by atoms with Crippen LogP contribution in [0.5, 0.6) is 0 Å². The van der Waals surface area contributed by atoms with Crippen LogP contribution in [0.3, 0.4) is 0 Å². The third-order valence-corrected chi connectivity index (χ3v) is 3.24. The minimum Gasteiger partial charge on any atom is -0.374 e. The minimum atomic E-state index is -0.528. The monoisotopic (exact) mass is 315 g/mol.